The highest BCUT2D eigenvalue weighted by atomic mass is 16.5. The predicted octanol–water partition coefficient (Wildman–Crippen LogP) is 3.62. The van der Waals surface area contributed by atoms with Gasteiger partial charge < -0.3 is 14.8 Å². The quantitative estimate of drug-likeness (QED) is 0.739. The van der Waals surface area contributed by atoms with E-state index < -0.39 is 0 Å². The third-order valence-corrected chi connectivity index (χ3v) is 4.61. The number of rotatable bonds is 8. The molecule has 1 aliphatic carbocycles. The van der Waals surface area contributed by atoms with E-state index in [1.54, 1.807) is 7.11 Å². The maximum atomic E-state index is 6.25. The summed E-state index contributed by atoms with van der Waals surface area (Å²) in [7, 11) is 1.77. The highest BCUT2D eigenvalue weighted by Gasteiger charge is 2.34. The van der Waals surface area contributed by atoms with Crippen LogP contribution in [0.2, 0.25) is 0 Å². The fourth-order valence-corrected chi connectivity index (χ4v) is 3.18. The van der Waals surface area contributed by atoms with Crippen LogP contribution in [0.25, 0.3) is 0 Å². The monoisotopic (exact) mass is 285 g/mol. The molecular weight excluding hydrogens is 250 g/mol. The first-order valence-electron chi connectivity index (χ1n) is 8.29. The molecule has 0 amide bonds. The SMILES string of the molecule is CCCNC1CC(C)CC(C)C1OCCC(C)(C)OC. The van der Waals surface area contributed by atoms with Crippen LogP contribution in [0.4, 0.5) is 0 Å². The number of nitrogens with one attached hydrogen (secondary N) is 1. The van der Waals surface area contributed by atoms with Gasteiger partial charge in [0.25, 0.3) is 0 Å². The summed E-state index contributed by atoms with van der Waals surface area (Å²) < 4.78 is 11.7. The predicted molar refractivity (Wildman–Crippen MR) is 85.1 cm³/mol. The number of hydrogen-bond acceptors (Lipinski definition) is 3. The molecule has 0 aromatic carbocycles. The minimum absolute atomic E-state index is 0.0858. The fourth-order valence-electron chi connectivity index (χ4n) is 3.18. The topological polar surface area (TPSA) is 30.5 Å². The molecule has 0 aromatic heterocycles. The second kappa shape index (κ2) is 8.35. The van der Waals surface area contributed by atoms with E-state index in [4.69, 9.17) is 9.47 Å². The van der Waals surface area contributed by atoms with Crippen molar-refractivity contribution in [3.05, 3.63) is 0 Å². The average Bonchev–Trinajstić information content (AvgIpc) is 2.38. The summed E-state index contributed by atoms with van der Waals surface area (Å²) in [5.74, 6) is 1.44. The van der Waals surface area contributed by atoms with E-state index >= 15 is 0 Å². The molecule has 0 spiro atoms. The van der Waals surface area contributed by atoms with E-state index in [2.05, 4.69) is 39.9 Å². The molecule has 0 bridgehead atoms. The molecule has 4 atom stereocenters. The molecule has 4 unspecified atom stereocenters. The maximum Gasteiger partial charge on any atom is 0.0753 e. The first-order valence-corrected chi connectivity index (χ1v) is 8.29. The lowest BCUT2D eigenvalue weighted by Gasteiger charge is -2.40. The van der Waals surface area contributed by atoms with Gasteiger partial charge in [0.2, 0.25) is 0 Å². The van der Waals surface area contributed by atoms with Gasteiger partial charge in [0.15, 0.2) is 0 Å². The zero-order chi connectivity index (χ0) is 15.2. The van der Waals surface area contributed by atoms with Crippen LogP contribution in [0, 0.1) is 11.8 Å². The summed E-state index contributed by atoms with van der Waals surface area (Å²) in [6.45, 7) is 13.0. The van der Waals surface area contributed by atoms with Crippen LogP contribution < -0.4 is 5.32 Å². The molecule has 20 heavy (non-hydrogen) atoms. The standard InChI is InChI=1S/C17H35NO2/c1-7-9-18-15-12-13(2)11-14(3)16(15)20-10-8-17(4,5)19-6/h13-16,18H,7-12H2,1-6H3. The Bertz CT molecular complexity index is 268. The number of methoxy groups -OCH3 is 1. The van der Waals surface area contributed by atoms with Crippen LogP contribution in [0.5, 0.6) is 0 Å². The maximum absolute atomic E-state index is 6.25. The first-order chi connectivity index (χ1) is 9.39. The molecular formula is C17H35NO2. The summed E-state index contributed by atoms with van der Waals surface area (Å²) >= 11 is 0. The Labute approximate surface area is 125 Å². The average molecular weight is 285 g/mol. The molecule has 1 N–H and O–H groups in total. The lowest BCUT2D eigenvalue weighted by molar-refractivity contribution is -0.0660. The molecule has 3 heteroatoms. The van der Waals surface area contributed by atoms with E-state index in [0.29, 0.717) is 18.1 Å². The van der Waals surface area contributed by atoms with Crippen molar-refractivity contribution >= 4 is 0 Å². The summed E-state index contributed by atoms with van der Waals surface area (Å²) in [5.41, 5.74) is -0.0858. The fraction of sp³-hybridized carbons (Fsp3) is 1.00. The second-order valence-electron chi connectivity index (χ2n) is 7.16. The molecule has 0 aromatic rings. The molecule has 0 radical (unpaired) electrons. The minimum Gasteiger partial charge on any atom is -0.379 e. The van der Waals surface area contributed by atoms with Crippen LogP contribution in [-0.2, 0) is 9.47 Å². The van der Waals surface area contributed by atoms with Crippen molar-refractivity contribution in [2.45, 2.75) is 78.0 Å². The smallest absolute Gasteiger partial charge is 0.0753 e. The third kappa shape index (κ3) is 5.71. The van der Waals surface area contributed by atoms with Crippen molar-refractivity contribution in [3.8, 4) is 0 Å². The van der Waals surface area contributed by atoms with Gasteiger partial charge in [-0.2, -0.15) is 0 Å². The molecule has 1 rings (SSSR count). The van der Waals surface area contributed by atoms with Crippen molar-refractivity contribution in [2.24, 2.45) is 11.8 Å². The van der Waals surface area contributed by atoms with Crippen LogP contribution in [0.15, 0.2) is 0 Å². The Hall–Kier alpha value is -0.120. The number of hydrogen-bond donors (Lipinski definition) is 1. The summed E-state index contributed by atoms with van der Waals surface area (Å²) in [5, 5.41) is 3.69. The Kier molecular flexibility index (Phi) is 7.49. The van der Waals surface area contributed by atoms with Gasteiger partial charge >= 0.3 is 0 Å². The first kappa shape index (κ1) is 17.9. The van der Waals surface area contributed by atoms with Crippen LogP contribution in [0.3, 0.4) is 0 Å². The van der Waals surface area contributed by atoms with Crippen LogP contribution in [0.1, 0.15) is 60.3 Å². The Morgan fingerprint density at radius 1 is 1.20 bits per heavy atom. The van der Waals surface area contributed by atoms with Crippen molar-refractivity contribution in [1.82, 2.24) is 5.32 Å². The van der Waals surface area contributed by atoms with E-state index in [0.717, 1.165) is 25.5 Å². The second-order valence-corrected chi connectivity index (χ2v) is 7.16. The lowest BCUT2D eigenvalue weighted by Crippen LogP contribution is -2.50. The van der Waals surface area contributed by atoms with E-state index in [-0.39, 0.29) is 5.60 Å². The zero-order valence-electron chi connectivity index (χ0n) is 14.4. The Morgan fingerprint density at radius 3 is 2.50 bits per heavy atom. The summed E-state index contributed by atoms with van der Waals surface area (Å²) in [6.07, 6.45) is 5.00. The highest BCUT2D eigenvalue weighted by molar-refractivity contribution is 4.89. The van der Waals surface area contributed by atoms with Crippen LogP contribution >= 0.6 is 0 Å². The lowest BCUT2D eigenvalue weighted by atomic mass is 9.78. The third-order valence-electron chi connectivity index (χ3n) is 4.61. The molecule has 1 aliphatic rings. The van der Waals surface area contributed by atoms with E-state index in [1.165, 1.54) is 19.3 Å². The molecule has 0 saturated heterocycles. The van der Waals surface area contributed by atoms with Gasteiger partial charge in [-0.3, -0.25) is 0 Å². The Balaban J connectivity index is 2.49. The van der Waals surface area contributed by atoms with Gasteiger partial charge in [-0.05, 0) is 57.9 Å². The van der Waals surface area contributed by atoms with Crippen molar-refractivity contribution in [3.63, 3.8) is 0 Å². The number of ether oxygens (including phenoxy) is 2. The molecule has 1 saturated carbocycles. The molecule has 0 heterocycles. The molecule has 3 nitrogen and oxygen atoms in total. The molecule has 1 fully saturated rings. The van der Waals surface area contributed by atoms with Gasteiger partial charge in [0, 0.05) is 19.8 Å². The Morgan fingerprint density at radius 2 is 1.90 bits per heavy atom. The van der Waals surface area contributed by atoms with Crippen molar-refractivity contribution in [2.75, 3.05) is 20.3 Å². The normalized spacial score (nSPS) is 31.5. The van der Waals surface area contributed by atoms with Crippen LogP contribution in [-0.4, -0.2) is 38.0 Å². The van der Waals surface area contributed by atoms with Crippen molar-refractivity contribution in [1.29, 1.82) is 0 Å². The molecule has 0 aliphatic heterocycles. The minimum atomic E-state index is -0.0858. The van der Waals surface area contributed by atoms with E-state index in [9.17, 15) is 0 Å². The van der Waals surface area contributed by atoms with Gasteiger partial charge in [-0.1, -0.05) is 20.8 Å². The van der Waals surface area contributed by atoms with Gasteiger partial charge in [-0.25, -0.2) is 0 Å². The van der Waals surface area contributed by atoms with Gasteiger partial charge in [-0.15, -0.1) is 0 Å². The largest absolute Gasteiger partial charge is 0.379 e. The molecule has 120 valence electrons. The van der Waals surface area contributed by atoms with Gasteiger partial charge in [0.1, 0.15) is 0 Å². The van der Waals surface area contributed by atoms with Crippen molar-refractivity contribution < 1.29 is 9.47 Å². The summed E-state index contributed by atoms with van der Waals surface area (Å²) in [6, 6.07) is 0.513. The zero-order valence-corrected chi connectivity index (χ0v) is 14.4. The van der Waals surface area contributed by atoms with E-state index in [1.807, 2.05) is 0 Å². The highest BCUT2D eigenvalue weighted by Crippen LogP contribution is 2.31. The van der Waals surface area contributed by atoms with Gasteiger partial charge in [0.05, 0.1) is 11.7 Å². The summed E-state index contributed by atoms with van der Waals surface area (Å²) in [4.78, 5) is 0.